The summed E-state index contributed by atoms with van der Waals surface area (Å²) in [5.74, 6) is -1.05. The molecule has 1 rings (SSSR count). The summed E-state index contributed by atoms with van der Waals surface area (Å²) in [5, 5.41) is 9.24. The Kier molecular flexibility index (Phi) is 6.91. The summed E-state index contributed by atoms with van der Waals surface area (Å²) in [5.41, 5.74) is 1.77. The predicted octanol–water partition coefficient (Wildman–Crippen LogP) is 0.617. The molecule has 140 valence electrons. The molecule has 0 spiro atoms. The van der Waals surface area contributed by atoms with Crippen molar-refractivity contribution in [2.24, 2.45) is 0 Å². The van der Waals surface area contributed by atoms with Crippen LogP contribution in [0, 0.1) is 6.92 Å². The summed E-state index contributed by atoms with van der Waals surface area (Å²) in [7, 11) is -4.04. The Hall–Kier alpha value is -2.17. The molecular weight excluding hydrogens is 352 g/mol. The van der Waals surface area contributed by atoms with Crippen LogP contribution in [0.25, 0.3) is 0 Å². The number of rotatable bonds is 5. The first-order valence-electron chi connectivity index (χ1n) is 7.34. The van der Waals surface area contributed by atoms with Crippen LogP contribution in [-0.4, -0.2) is 43.8 Å². The first-order chi connectivity index (χ1) is 11.4. The van der Waals surface area contributed by atoms with Gasteiger partial charge >= 0.3 is 6.16 Å². The highest BCUT2D eigenvalue weighted by atomic mass is 32.2. The van der Waals surface area contributed by atoms with Crippen molar-refractivity contribution in [1.29, 1.82) is 0 Å². The van der Waals surface area contributed by atoms with Gasteiger partial charge in [-0.25, -0.2) is 13.2 Å². The first-order valence-corrected chi connectivity index (χ1v) is 8.82. The molecule has 0 fully saturated rings. The number of aryl methyl sites for hydroxylation is 1. The van der Waals surface area contributed by atoms with Crippen LogP contribution in [0.5, 0.6) is 0 Å². The molecule has 0 aliphatic heterocycles. The maximum Gasteiger partial charge on any atom is 0.533 e. The summed E-state index contributed by atoms with van der Waals surface area (Å²) in [6.45, 7) is 5.75. The average molecular weight is 374 g/mol. The fourth-order valence-electron chi connectivity index (χ4n) is 1.58. The van der Waals surface area contributed by atoms with E-state index >= 15 is 0 Å². The van der Waals surface area contributed by atoms with E-state index in [9.17, 15) is 23.1 Å². The number of carbonyl (C=O) groups excluding carboxylic acids is 2. The minimum absolute atomic E-state index is 0.0718. The van der Waals surface area contributed by atoms with E-state index in [-0.39, 0.29) is 4.90 Å². The van der Waals surface area contributed by atoms with Gasteiger partial charge in [-0.1, -0.05) is 17.7 Å². The number of hydrogen-bond acceptors (Lipinski definition) is 7. The molecule has 0 aliphatic carbocycles. The van der Waals surface area contributed by atoms with Crippen LogP contribution in [0.4, 0.5) is 4.79 Å². The first kappa shape index (κ1) is 20.9. The summed E-state index contributed by atoms with van der Waals surface area (Å²) in [6, 6.07) is 4.36. The van der Waals surface area contributed by atoms with Crippen molar-refractivity contribution in [1.82, 2.24) is 10.2 Å². The van der Waals surface area contributed by atoms with Crippen molar-refractivity contribution in [3.05, 3.63) is 29.8 Å². The van der Waals surface area contributed by atoms with E-state index in [0.29, 0.717) is 0 Å². The van der Waals surface area contributed by atoms with Gasteiger partial charge in [-0.3, -0.25) is 4.79 Å². The molecule has 0 bridgehead atoms. The van der Waals surface area contributed by atoms with E-state index in [2.05, 4.69) is 4.84 Å². The quantitative estimate of drug-likeness (QED) is 0.508. The number of ether oxygens (including phenoxy) is 1. The topological polar surface area (TPSA) is 131 Å². The predicted molar refractivity (Wildman–Crippen MR) is 87.8 cm³/mol. The molecule has 0 heterocycles. The minimum atomic E-state index is -4.04. The largest absolute Gasteiger partial charge is 0.533 e. The van der Waals surface area contributed by atoms with Crippen LogP contribution in [0.2, 0.25) is 0 Å². The molecule has 9 nitrogen and oxygen atoms in total. The fraction of sp³-hybridized carbons (Fsp3) is 0.467. The van der Waals surface area contributed by atoms with Crippen molar-refractivity contribution in [3.63, 3.8) is 0 Å². The Balaban J connectivity index is 2.70. The van der Waals surface area contributed by atoms with Crippen LogP contribution in [0.1, 0.15) is 26.3 Å². The zero-order valence-electron chi connectivity index (χ0n) is 14.4. The molecule has 3 N–H and O–H groups in total. The van der Waals surface area contributed by atoms with Crippen molar-refractivity contribution < 1.29 is 32.7 Å². The summed E-state index contributed by atoms with van der Waals surface area (Å²) in [4.78, 5) is 27.5. The smallest absolute Gasteiger partial charge is 0.427 e. The van der Waals surface area contributed by atoms with Crippen LogP contribution in [-0.2, 0) is 24.4 Å². The maximum absolute atomic E-state index is 12.2. The Morgan fingerprint density at radius 3 is 2.24 bits per heavy atom. The van der Waals surface area contributed by atoms with Gasteiger partial charge in [-0.2, -0.15) is 10.2 Å². The minimum Gasteiger partial charge on any atom is -0.427 e. The molecule has 1 unspecified atom stereocenters. The van der Waals surface area contributed by atoms with E-state index in [1.165, 1.54) is 12.1 Å². The molecule has 1 amide bonds. The molecule has 25 heavy (non-hydrogen) atoms. The highest BCUT2D eigenvalue weighted by Gasteiger charge is 2.27. The lowest BCUT2D eigenvalue weighted by atomic mass is 10.2. The molecular formula is C15H22N2O7S. The van der Waals surface area contributed by atoms with Crippen LogP contribution >= 0.6 is 0 Å². The molecule has 1 atom stereocenters. The van der Waals surface area contributed by atoms with Gasteiger partial charge in [0.25, 0.3) is 5.91 Å². The van der Waals surface area contributed by atoms with Gasteiger partial charge in [-0.15, -0.1) is 0 Å². The number of hydroxylamine groups is 1. The van der Waals surface area contributed by atoms with E-state index < -0.39 is 40.3 Å². The molecule has 0 radical (unpaired) electrons. The SMILES string of the molecule is Cc1ccc(S(=O)(=O)NC(CO)C(=O)NOC(=O)OC(C)(C)C)cc1. The Bertz CT molecular complexity index is 708. The van der Waals surface area contributed by atoms with Crippen LogP contribution in [0.15, 0.2) is 29.2 Å². The van der Waals surface area contributed by atoms with Crippen LogP contribution in [0.3, 0.4) is 0 Å². The number of nitrogens with one attached hydrogen (secondary N) is 2. The zero-order chi connectivity index (χ0) is 19.3. The number of aliphatic hydroxyl groups excluding tert-OH is 1. The Morgan fingerprint density at radius 2 is 1.76 bits per heavy atom. The molecule has 0 saturated heterocycles. The van der Waals surface area contributed by atoms with E-state index in [4.69, 9.17) is 4.74 Å². The van der Waals surface area contributed by atoms with Gasteiger partial charge < -0.3 is 14.7 Å². The fourth-order valence-corrected chi connectivity index (χ4v) is 2.77. The van der Waals surface area contributed by atoms with Gasteiger partial charge in [0, 0.05) is 0 Å². The lowest BCUT2D eigenvalue weighted by Crippen LogP contribution is -2.49. The highest BCUT2D eigenvalue weighted by Crippen LogP contribution is 2.11. The van der Waals surface area contributed by atoms with Crippen molar-refractivity contribution in [3.8, 4) is 0 Å². The summed E-state index contributed by atoms with van der Waals surface area (Å²) < 4.78 is 31.3. The zero-order valence-corrected chi connectivity index (χ0v) is 15.2. The normalized spacial score (nSPS) is 13.0. The number of benzene rings is 1. The van der Waals surface area contributed by atoms with E-state index in [1.807, 2.05) is 4.72 Å². The molecule has 1 aromatic carbocycles. The van der Waals surface area contributed by atoms with Gasteiger partial charge in [0.1, 0.15) is 11.6 Å². The molecule has 1 aromatic rings. The van der Waals surface area contributed by atoms with E-state index in [1.54, 1.807) is 45.3 Å². The lowest BCUT2D eigenvalue weighted by Gasteiger charge is -2.19. The Morgan fingerprint density at radius 1 is 1.20 bits per heavy atom. The van der Waals surface area contributed by atoms with E-state index in [0.717, 1.165) is 5.56 Å². The third kappa shape index (κ3) is 7.08. The Labute approximate surface area is 146 Å². The average Bonchev–Trinajstić information content (AvgIpc) is 2.49. The van der Waals surface area contributed by atoms with Gasteiger partial charge in [-0.05, 0) is 39.8 Å². The highest BCUT2D eigenvalue weighted by molar-refractivity contribution is 7.89. The summed E-state index contributed by atoms with van der Waals surface area (Å²) in [6.07, 6.45) is -1.17. The van der Waals surface area contributed by atoms with Gasteiger partial charge in [0.05, 0.1) is 11.5 Å². The van der Waals surface area contributed by atoms with Crippen molar-refractivity contribution in [2.45, 2.75) is 44.2 Å². The second-order valence-electron chi connectivity index (χ2n) is 6.20. The molecule has 0 aliphatic rings. The molecule has 10 heteroatoms. The lowest BCUT2D eigenvalue weighted by molar-refractivity contribution is -0.135. The second-order valence-corrected chi connectivity index (χ2v) is 7.92. The van der Waals surface area contributed by atoms with Crippen molar-refractivity contribution >= 4 is 22.1 Å². The third-order valence-electron chi connectivity index (χ3n) is 2.75. The number of aliphatic hydroxyl groups is 1. The van der Waals surface area contributed by atoms with Crippen molar-refractivity contribution in [2.75, 3.05) is 6.61 Å². The standard InChI is InChI=1S/C15H22N2O7S/c1-10-5-7-11(8-6-10)25(21,22)17-12(9-18)13(19)16-24-14(20)23-15(2,3)4/h5-8,12,17-18H,9H2,1-4H3,(H,16,19). The monoisotopic (exact) mass is 374 g/mol. The summed E-state index contributed by atoms with van der Waals surface area (Å²) >= 11 is 0. The number of sulfonamides is 1. The van der Waals surface area contributed by atoms with Gasteiger partial charge in [0.15, 0.2) is 0 Å². The van der Waals surface area contributed by atoms with Crippen LogP contribution < -0.4 is 10.2 Å². The second kappa shape index (κ2) is 8.28. The molecule has 0 aromatic heterocycles. The maximum atomic E-state index is 12.2. The number of carbonyl (C=O) groups is 2. The third-order valence-corrected chi connectivity index (χ3v) is 4.24. The number of hydrogen-bond donors (Lipinski definition) is 3. The number of amides is 1. The van der Waals surface area contributed by atoms with Gasteiger partial charge in [0.2, 0.25) is 10.0 Å². The molecule has 0 saturated carbocycles.